The van der Waals surface area contributed by atoms with Crippen LogP contribution in [-0.4, -0.2) is 55.7 Å². The Hall–Kier alpha value is -2.08. The zero-order valence-corrected chi connectivity index (χ0v) is 13.4. The molecule has 1 fully saturated rings. The summed E-state index contributed by atoms with van der Waals surface area (Å²) in [6.07, 6.45) is 0.410. The normalized spacial score (nSPS) is 20.7. The predicted octanol–water partition coefficient (Wildman–Crippen LogP) is 1.44. The van der Waals surface area contributed by atoms with Gasteiger partial charge in [-0.1, -0.05) is 12.1 Å². The largest absolute Gasteiger partial charge is 0.487 e. The monoisotopic (exact) mass is 318 g/mol. The topological polar surface area (TPSA) is 59.1 Å². The van der Waals surface area contributed by atoms with Gasteiger partial charge in [-0.2, -0.15) is 0 Å². The summed E-state index contributed by atoms with van der Waals surface area (Å²) in [6.45, 7) is 4.84. The first-order valence-corrected chi connectivity index (χ1v) is 8.06. The first-order valence-electron chi connectivity index (χ1n) is 8.06. The lowest BCUT2D eigenvalue weighted by Crippen LogP contribution is -2.43. The molecular weight excluding hydrogens is 296 g/mol. The minimum atomic E-state index is -0.0520. The van der Waals surface area contributed by atoms with Crippen LogP contribution < -0.4 is 9.64 Å². The number of morpholine rings is 1. The van der Waals surface area contributed by atoms with Crippen LogP contribution >= 0.6 is 0 Å². The average Bonchev–Trinajstić information content (AvgIpc) is 2.59. The number of benzene rings is 1. The molecule has 3 rings (SSSR count). The molecule has 1 saturated heterocycles. The van der Waals surface area contributed by atoms with E-state index in [1.54, 1.807) is 9.80 Å². The summed E-state index contributed by atoms with van der Waals surface area (Å²) in [5, 5.41) is 0. The third kappa shape index (κ3) is 3.64. The minimum Gasteiger partial charge on any atom is -0.487 e. The van der Waals surface area contributed by atoms with E-state index in [9.17, 15) is 9.59 Å². The Bertz CT molecular complexity index is 584. The van der Waals surface area contributed by atoms with Gasteiger partial charge in [-0.05, 0) is 19.1 Å². The first-order chi connectivity index (χ1) is 11.1. The standard InChI is InChI=1S/C17H22N2O4/c1-13-12-19(14-4-2-3-5-15(14)23-13)17(21)7-6-16(20)18-8-10-22-11-9-18/h2-5,13H,6-12H2,1H3/t13-/m1/s1. The third-order valence-electron chi connectivity index (χ3n) is 4.14. The third-order valence-corrected chi connectivity index (χ3v) is 4.14. The molecule has 2 heterocycles. The smallest absolute Gasteiger partial charge is 0.227 e. The Labute approximate surface area is 136 Å². The number of hydrogen-bond acceptors (Lipinski definition) is 4. The van der Waals surface area contributed by atoms with E-state index < -0.39 is 0 Å². The van der Waals surface area contributed by atoms with Crippen molar-refractivity contribution in [3.05, 3.63) is 24.3 Å². The Kier molecular flexibility index (Phi) is 4.81. The molecule has 2 aliphatic heterocycles. The summed E-state index contributed by atoms with van der Waals surface area (Å²) in [6, 6.07) is 7.52. The number of nitrogens with zero attached hydrogens (tertiary/aromatic N) is 2. The van der Waals surface area contributed by atoms with Gasteiger partial charge in [-0.3, -0.25) is 9.59 Å². The molecule has 0 saturated carbocycles. The van der Waals surface area contributed by atoms with Gasteiger partial charge in [0.2, 0.25) is 11.8 Å². The number of amides is 2. The Morgan fingerprint density at radius 3 is 2.61 bits per heavy atom. The summed E-state index contributed by atoms with van der Waals surface area (Å²) in [7, 11) is 0. The van der Waals surface area contributed by atoms with Gasteiger partial charge in [0.05, 0.1) is 25.4 Å². The maximum atomic E-state index is 12.6. The van der Waals surface area contributed by atoms with Crippen LogP contribution in [0.2, 0.25) is 0 Å². The van der Waals surface area contributed by atoms with Crippen LogP contribution in [0, 0.1) is 0 Å². The van der Waals surface area contributed by atoms with Crippen molar-refractivity contribution in [3.63, 3.8) is 0 Å². The van der Waals surface area contributed by atoms with Crippen molar-refractivity contribution >= 4 is 17.5 Å². The lowest BCUT2D eigenvalue weighted by molar-refractivity contribution is -0.136. The van der Waals surface area contributed by atoms with Gasteiger partial charge in [0.25, 0.3) is 0 Å². The number of hydrogen-bond donors (Lipinski definition) is 0. The maximum Gasteiger partial charge on any atom is 0.227 e. The molecule has 1 atom stereocenters. The maximum absolute atomic E-state index is 12.6. The van der Waals surface area contributed by atoms with E-state index in [-0.39, 0.29) is 30.8 Å². The van der Waals surface area contributed by atoms with Gasteiger partial charge in [0, 0.05) is 25.9 Å². The highest BCUT2D eigenvalue weighted by Gasteiger charge is 2.28. The van der Waals surface area contributed by atoms with Gasteiger partial charge in [-0.25, -0.2) is 0 Å². The predicted molar refractivity (Wildman–Crippen MR) is 85.5 cm³/mol. The van der Waals surface area contributed by atoms with Gasteiger partial charge in [0.15, 0.2) is 0 Å². The van der Waals surface area contributed by atoms with Crippen LogP contribution in [0.15, 0.2) is 24.3 Å². The summed E-state index contributed by atoms with van der Waals surface area (Å²) in [5.74, 6) is 0.713. The number of carbonyl (C=O) groups is 2. The molecule has 0 aromatic heterocycles. The molecule has 0 bridgehead atoms. The molecule has 1 aromatic rings. The quantitative estimate of drug-likeness (QED) is 0.846. The molecule has 6 nitrogen and oxygen atoms in total. The van der Waals surface area contributed by atoms with Crippen molar-refractivity contribution in [2.24, 2.45) is 0 Å². The van der Waals surface area contributed by atoms with Crippen LogP contribution in [0.4, 0.5) is 5.69 Å². The molecular formula is C17H22N2O4. The highest BCUT2D eigenvalue weighted by molar-refractivity contribution is 5.97. The first kappa shape index (κ1) is 15.8. The lowest BCUT2D eigenvalue weighted by atomic mass is 10.1. The van der Waals surface area contributed by atoms with Gasteiger partial charge >= 0.3 is 0 Å². The highest BCUT2D eigenvalue weighted by Crippen LogP contribution is 2.33. The van der Waals surface area contributed by atoms with Gasteiger partial charge < -0.3 is 19.3 Å². The number of rotatable bonds is 3. The molecule has 0 N–H and O–H groups in total. The van der Waals surface area contributed by atoms with Crippen LogP contribution in [0.25, 0.3) is 0 Å². The van der Waals surface area contributed by atoms with Gasteiger partial charge in [-0.15, -0.1) is 0 Å². The molecule has 124 valence electrons. The molecule has 6 heteroatoms. The summed E-state index contributed by atoms with van der Waals surface area (Å²) in [5.41, 5.74) is 0.787. The van der Waals surface area contributed by atoms with Crippen LogP contribution in [0.3, 0.4) is 0 Å². The van der Waals surface area contributed by atoms with Crippen molar-refractivity contribution < 1.29 is 19.1 Å². The van der Waals surface area contributed by atoms with E-state index in [4.69, 9.17) is 9.47 Å². The zero-order chi connectivity index (χ0) is 16.2. The van der Waals surface area contributed by atoms with Crippen molar-refractivity contribution in [2.75, 3.05) is 37.7 Å². The van der Waals surface area contributed by atoms with Crippen molar-refractivity contribution in [1.82, 2.24) is 4.90 Å². The van der Waals surface area contributed by atoms with Crippen molar-refractivity contribution in [1.29, 1.82) is 0 Å². The molecule has 0 aliphatic carbocycles. The molecule has 2 aliphatic rings. The number of anilines is 1. The fourth-order valence-electron chi connectivity index (χ4n) is 2.95. The molecule has 2 amide bonds. The Balaban J connectivity index is 1.61. The second-order valence-corrected chi connectivity index (χ2v) is 5.89. The fourth-order valence-corrected chi connectivity index (χ4v) is 2.95. The minimum absolute atomic E-state index is 0.0243. The fraction of sp³-hybridized carbons (Fsp3) is 0.529. The molecule has 0 spiro atoms. The molecule has 0 radical (unpaired) electrons. The molecule has 23 heavy (non-hydrogen) atoms. The van der Waals surface area contributed by atoms with Crippen LogP contribution in [0.1, 0.15) is 19.8 Å². The highest BCUT2D eigenvalue weighted by atomic mass is 16.5. The summed E-state index contributed by atoms with van der Waals surface area (Å²) < 4.78 is 11.0. The van der Waals surface area contributed by atoms with E-state index in [0.717, 1.165) is 11.4 Å². The SMILES string of the molecule is C[C@@H]1CN(C(=O)CCC(=O)N2CCOCC2)c2ccccc2O1. The van der Waals surface area contributed by atoms with Crippen LogP contribution in [-0.2, 0) is 14.3 Å². The summed E-state index contributed by atoms with van der Waals surface area (Å²) >= 11 is 0. The molecule has 0 unspecified atom stereocenters. The lowest BCUT2D eigenvalue weighted by Gasteiger charge is -2.33. The van der Waals surface area contributed by atoms with Crippen LogP contribution in [0.5, 0.6) is 5.75 Å². The molecule has 1 aromatic carbocycles. The van der Waals surface area contributed by atoms with Gasteiger partial charge in [0.1, 0.15) is 11.9 Å². The number of fused-ring (bicyclic) bond motifs is 1. The Morgan fingerprint density at radius 2 is 1.83 bits per heavy atom. The zero-order valence-electron chi connectivity index (χ0n) is 13.4. The summed E-state index contributed by atoms with van der Waals surface area (Å²) in [4.78, 5) is 28.2. The number of carbonyl (C=O) groups excluding carboxylic acids is 2. The second kappa shape index (κ2) is 7.00. The van der Waals surface area contributed by atoms with E-state index >= 15 is 0 Å². The van der Waals surface area contributed by atoms with E-state index in [2.05, 4.69) is 0 Å². The van der Waals surface area contributed by atoms with E-state index in [1.165, 1.54) is 0 Å². The second-order valence-electron chi connectivity index (χ2n) is 5.89. The average molecular weight is 318 g/mol. The van der Waals surface area contributed by atoms with E-state index in [1.807, 2.05) is 31.2 Å². The number of para-hydroxylation sites is 2. The van der Waals surface area contributed by atoms with E-state index in [0.29, 0.717) is 32.8 Å². The van der Waals surface area contributed by atoms with Crippen molar-refractivity contribution in [2.45, 2.75) is 25.9 Å². The van der Waals surface area contributed by atoms with Crippen molar-refractivity contribution in [3.8, 4) is 5.75 Å². The Morgan fingerprint density at radius 1 is 1.13 bits per heavy atom. The number of ether oxygens (including phenoxy) is 2.